The molecule has 3 atom stereocenters. The minimum absolute atomic E-state index is 0.0654. The molecule has 0 aromatic heterocycles. The Hall–Kier alpha value is -0.0151. The Morgan fingerprint density at radius 3 is 2.67 bits per heavy atom. The molecule has 0 spiro atoms. The van der Waals surface area contributed by atoms with Gasteiger partial charge >= 0.3 is 0 Å². The van der Waals surface area contributed by atoms with Crippen LogP contribution in [-0.2, 0) is 9.47 Å². The highest BCUT2D eigenvalue weighted by molar-refractivity contribution is 6.11. The number of hydrogen-bond donors (Lipinski definition) is 0. The van der Waals surface area contributed by atoms with Gasteiger partial charge in [-0.15, -0.1) is 0 Å². The Kier molecular flexibility index (Phi) is 0.973. The van der Waals surface area contributed by atoms with Crippen LogP contribution in [0.4, 0.5) is 0 Å². The first kappa shape index (κ1) is 5.75. The van der Waals surface area contributed by atoms with E-state index in [-0.39, 0.29) is 17.7 Å². The van der Waals surface area contributed by atoms with Gasteiger partial charge in [0.1, 0.15) is 7.85 Å². The van der Waals surface area contributed by atoms with Crippen molar-refractivity contribution in [3.05, 3.63) is 0 Å². The van der Waals surface area contributed by atoms with Gasteiger partial charge in [-0.05, 0) is 6.92 Å². The van der Waals surface area contributed by atoms with Crippen molar-refractivity contribution in [3.63, 3.8) is 0 Å². The lowest BCUT2D eigenvalue weighted by Crippen LogP contribution is -2.34. The molecule has 3 heteroatoms. The smallest absolute Gasteiger partial charge is 0.112 e. The molecule has 2 radical (unpaired) electrons. The maximum absolute atomic E-state index is 5.56. The second kappa shape index (κ2) is 1.52. The highest BCUT2D eigenvalue weighted by Gasteiger charge is 2.47. The predicted molar refractivity (Wildman–Crippen MR) is 33.4 cm³/mol. The molecule has 0 amide bonds. The van der Waals surface area contributed by atoms with Crippen molar-refractivity contribution in [2.24, 2.45) is 0 Å². The molecule has 0 aliphatic carbocycles. The van der Waals surface area contributed by atoms with Gasteiger partial charge in [0, 0.05) is 12.4 Å². The standard InChI is InChI=1S/C6H9BO2/c1-6-2-4(8-3-6)5(7)9-6/h4-5H,2-3H2,1H3. The van der Waals surface area contributed by atoms with E-state index in [1.807, 2.05) is 6.92 Å². The third-order valence-electron chi connectivity index (χ3n) is 2.02. The van der Waals surface area contributed by atoms with Crippen molar-refractivity contribution >= 4 is 7.85 Å². The molecule has 9 heavy (non-hydrogen) atoms. The van der Waals surface area contributed by atoms with E-state index in [1.165, 1.54) is 0 Å². The molecule has 2 aliphatic heterocycles. The molecular weight excluding hydrogens is 115 g/mol. The highest BCUT2D eigenvalue weighted by atomic mass is 16.6. The fourth-order valence-corrected chi connectivity index (χ4v) is 1.52. The van der Waals surface area contributed by atoms with Gasteiger partial charge in [0.05, 0.1) is 18.3 Å². The van der Waals surface area contributed by atoms with Crippen LogP contribution in [0.2, 0.25) is 0 Å². The van der Waals surface area contributed by atoms with Crippen LogP contribution in [0.5, 0.6) is 0 Å². The summed E-state index contributed by atoms with van der Waals surface area (Å²) in [4.78, 5) is 0. The summed E-state index contributed by atoms with van der Waals surface area (Å²) in [6.45, 7) is 2.76. The van der Waals surface area contributed by atoms with E-state index < -0.39 is 0 Å². The fourth-order valence-electron chi connectivity index (χ4n) is 1.52. The molecule has 2 rings (SSSR count). The summed E-state index contributed by atoms with van der Waals surface area (Å²) >= 11 is 0. The summed E-state index contributed by atoms with van der Waals surface area (Å²) in [5.74, 6) is 0. The van der Waals surface area contributed by atoms with E-state index in [1.54, 1.807) is 0 Å². The van der Waals surface area contributed by atoms with E-state index >= 15 is 0 Å². The first-order chi connectivity index (χ1) is 4.20. The fraction of sp³-hybridized carbons (Fsp3) is 1.00. The number of ether oxygens (including phenoxy) is 2. The van der Waals surface area contributed by atoms with Crippen molar-refractivity contribution in [1.29, 1.82) is 0 Å². The van der Waals surface area contributed by atoms with Crippen LogP contribution in [-0.4, -0.2) is 32.2 Å². The molecule has 2 bridgehead atoms. The van der Waals surface area contributed by atoms with Crippen molar-refractivity contribution in [2.75, 3.05) is 6.61 Å². The van der Waals surface area contributed by atoms with Crippen LogP contribution in [0.1, 0.15) is 13.3 Å². The molecule has 3 unspecified atom stereocenters. The van der Waals surface area contributed by atoms with E-state index in [0.717, 1.165) is 6.42 Å². The summed E-state index contributed by atoms with van der Waals surface area (Å²) in [6, 6.07) is -0.177. The van der Waals surface area contributed by atoms with Gasteiger partial charge < -0.3 is 9.47 Å². The average Bonchev–Trinajstić information content (AvgIpc) is 2.20. The van der Waals surface area contributed by atoms with E-state index in [0.29, 0.717) is 6.61 Å². The van der Waals surface area contributed by atoms with E-state index in [2.05, 4.69) is 0 Å². The van der Waals surface area contributed by atoms with Crippen LogP contribution in [0.15, 0.2) is 0 Å². The number of fused-ring (bicyclic) bond motifs is 2. The van der Waals surface area contributed by atoms with Crippen molar-refractivity contribution in [2.45, 2.75) is 31.1 Å². The lowest BCUT2D eigenvalue weighted by Gasteiger charge is -2.25. The minimum Gasteiger partial charge on any atom is -0.377 e. The Morgan fingerprint density at radius 1 is 1.67 bits per heavy atom. The summed E-state index contributed by atoms with van der Waals surface area (Å²) in [7, 11) is 5.56. The Labute approximate surface area is 55.9 Å². The van der Waals surface area contributed by atoms with Crippen LogP contribution < -0.4 is 0 Å². The Morgan fingerprint density at radius 2 is 2.44 bits per heavy atom. The first-order valence-electron chi connectivity index (χ1n) is 3.25. The zero-order chi connectivity index (χ0) is 6.48. The molecule has 2 aliphatic rings. The maximum Gasteiger partial charge on any atom is 0.112 e. The highest BCUT2D eigenvalue weighted by Crippen LogP contribution is 2.37. The predicted octanol–water partition coefficient (Wildman–Crippen LogP) is 0.0588. The van der Waals surface area contributed by atoms with Crippen molar-refractivity contribution in [1.82, 2.24) is 0 Å². The van der Waals surface area contributed by atoms with Gasteiger partial charge in [0.15, 0.2) is 0 Å². The lowest BCUT2D eigenvalue weighted by molar-refractivity contribution is -0.103. The van der Waals surface area contributed by atoms with Crippen molar-refractivity contribution in [3.8, 4) is 0 Å². The summed E-state index contributed by atoms with van der Waals surface area (Å²) in [6.07, 6.45) is 1.13. The van der Waals surface area contributed by atoms with Crippen molar-refractivity contribution < 1.29 is 9.47 Å². The second-order valence-corrected chi connectivity index (χ2v) is 3.09. The van der Waals surface area contributed by atoms with Gasteiger partial charge in [0.25, 0.3) is 0 Å². The van der Waals surface area contributed by atoms with E-state index in [9.17, 15) is 0 Å². The zero-order valence-corrected chi connectivity index (χ0v) is 5.46. The van der Waals surface area contributed by atoms with E-state index in [4.69, 9.17) is 17.3 Å². The second-order valence-electron chi connectivity index (χ2n) is 3.09. The zero-order valence-electron chi connectivity index (χ0n) is 5.46. The summed E-state index contributed by atoms with van der Waals surface area (Å²) in [5.41, 5.74) is -0.0654. The quantitative estimate of drug-likeness (QED) is 0.425. The topological polar surface area (TPSA) is 18.5 Å². The third kappa shape index (κ3) is 0.716. The van der Waals surface area contributed by atoms with Crippen LogP contribution in [0.3, 0.4) is 0 Å². The lowest BCUT2D eigenvalue weighted by atomic mass is 9.94. The molecule has 0 N–H and O–H groups in total. The Balaban J connectivity index is 2.19. The number of rotatable bonds is 0. The van der Waals surface area contributed by atoms with Crippen LogP contribution >= 0.6 is 0 Å². The van der Waals surface area contributed by atoms with Gasteiger partial charge in [-0.25, -0.2) is 0 Å². The van der Waals surface area contributed by atoms with Gasteiger partial charge in [-0.1, -0.05) is 0 Å². The third-order valence-corrected chi connectivity index (χ3v) is 2.02. The number of hydrogen-bond acceptors (Lipinski definition) is 2. The average molecular weight is 124 g/mol. The minimum atomic E-state index is -0.177. The molecular formula is C6H9BO2. The molecule has 48 valence electrons. The molecule has 0 aromatic rings. The molecule has 2 fully saturated rings. The first-order valence-corrected chi connectivity index (χ1v) is 3.25. The van der Waals surface area contributed by atoms with Gasteiger partial charge in [-0.2, -0.15) is 0 Å². The summed E-state index contributed by atoms with van der Waals surface area (Å²) in [5, 5.41) is 0. The van der Waals surface area contributed by atoms with Crippen LogP contribution in [0.25, 0.3) is 0 Å². The van der Waals surface area contributed by atoms with Gasteiger partial charge in [-0.3, -0.25) is 0 Å². The normalized spacial score (nSPS) is 56.6. The molecule has 2 heterocycles. The van der Waals surface area contributed by atoms with Gasteiger partial charge in [0.2, 0.25) is 0 Å². The maximum atomic E-state index is 5.56. The molecule has 2 saturated heterocycles. The monoisotopic (exact) mass is 124 g/mol. The largest absolute Gasteiger partial charge is 0.377 e. The van der Waals surface area contributed by atoms with Crippen LogP contribution in [0, 0.1) is 0 Å². The molecule has 0 saturated carbocycles. The summed E-state index contributed by atoms with van der Waals surface area (Å²) < 4.78 is 10.7. The SMILES string of the molecule is [B]C1OC2(C)COC1C2. The molecule has 0 aromatic carbocycles. The Bertz CT molecular complexity index is 135. The molecule has 2 nitrogen and oxygen atoms in total.